The molecule has 1 saturated carbocycles. The van der Waals surface area contributed by atoms with E-state index in [1.54, 1.807) is 0 Å². The number of benzene rings is 1. The molecule has 0 amide bonds. The van der Waals surface area contributed by atoms with E-state index in [2.05, 4.69) is 45.2 Å². The Morgan fingerprint density at radius 1 is 1.31 bits per heavy atom. The van der Waals surface area contributed by atoms with Gasteiger partial charge in [-0.15, -0.1) is 0 Å². The number of nitrogens with one attached hydrogen (secondary N) is 2. The zero-order chi connectivity index (χ0) is 18.4. The smallest absolute Gasteiger partial charge is 0.195 e. The van der Waals surface area contributed by atoms with Gasteiger partial charge >= 0.3 is 0 Å². The summed E-state index contributed by atoms with van der Waals surface area (Å²) in [5.41, 5.74) is 11.1. The van der Waals surface area contributed by atoms with Crippen LogP contribution in [0.15, 0.2) is 28.7 Å². The van der Waals surface area contributed by atoms with Crippen molar-refractivity contribution in [1.82, 2.24) is 15.4 Å². The van der Waals surface area contributed by atoms with E-state index in [9.17, 15) is 4.79 Å². The van der Waals surface area contributed by atoms with E-state index >= 15 is 0 Å². The third-order valence-electron chi connectivity index (χ3n) is 5.26. The Labute approximate surface area is 162 Å². The maximum absolute atomic E-state index is 13.3. The summed E-state index contributed by atoms with van der Waals surface area (Å²) in [6, 6.07) is 8.06. The van der Waals surface area contributed by atoms with Gasteiger partial charge in [-0.25, -0.2) is 10.9 Å². The number of hydrazine groups is 1. The Morgan fingerprint density at radius 3 is 2.69 bits per heavy atom. The third-order valence-corrected chi connectivity index (χ3v) is 5.76. The van der Waals surface area contributed by atoms with E-state index in [1.165, 1.54) is 0 Å². The summed E-state index contributed by atoms with van der Waals surface area (Å²) in [4.78, 5) is 13.3. The molecule has 2 N–H and O–H groups in total. The molecule has 2 atom stereocenters. The molecule has 2 fully saturated rings. The highest BCUT2D eigenvalue weighted by Gasteiger charge is 2.37. The lowest BCUT2D eigenvalue weighted by Crippen LogP contribution is -2.31. The molecule has 1 aliphatic carbocycles. The second-order valence-corrected chi connectivity index (χ2v) is 8.03. The quantitative estimate of drug-likeness (QED) is 0.712. The van der Waals surface area contributed by atoms with E-state index < -0.39 is 0 Å². The fraction of sp³-hybridized carbons (Fsp3) is 0.450. The van der Waals surface area contributed by atoms with Gasteiger partial charge in [0, 0.05) is 27.3 Å². The van der Waals surface area contributed by atoms with E-state index in [4.69, 9.17) is 4.74 Å². The fourth-order valence-corrected chi connectivity index (χ4v) is 4.25. The fourth-order valence-electron chi connectivity index (χ4n) is 3.85. The van der Waals surface area contributed by atoms with Crippen LogP contribution in [0.25, 0.3) is 0 Å². The summed E-state index contributed by atoms with van der Waals surface area (Å²) in [5, 5.41) is 0. The van der Waals surface area contributed by atoms with E-state index in [0.717, 1.165) is 46.2 Å². The molecule has 1 aromatic carbocycles. The molecule has 0 spiro atoms. The SMILES string of the molecule is CCC1NNC(c2c(C)c(C(=O)c3cccc(Br)c3)c(C)n2C2CC2)O1. The van der Waals surface area contributed by atoms with E-state index in [0.29, 0.717) is 11.6 Å². The Hall–Kier alpha value is -1.47. The molecule has 4 rings (SSSR count). The topological polar surface area (TPSA) is 55.3 Å². The normalized spacial score (nSPS) is 22.8. The number of halogens is 1. The number of carbonyl (C=O) groups excluding carboxylic acids is 1. The minimum absolute atomic E-state index is 0.00788. The summed E-state index contributed by atoms with van der Waals surface area (Å²) in [7, 11) is 0. The predicted molar refractivity (Wildman–Crippen MR) is 104 cm³/mol. The van der Waals surface area contributed by atoms with Crippen LogP contribution in [-0.2, 0) is 4.74 Å². The van der Waals surface area contributed by atoms with Crippen molar-refractivity contribution in [3.63, 3.8) is 0 Å². The first-order valence-electron chi connectivity index (χ1n) is 9.19. The first-order valence-corrected chi connectivity index (χ1v) is 9.98. The van der Waals surface area contributed by atoms with Crippen LogP contribution >= 0.6 is 15.9 Å². The average molecular weight is 418 g/mol. The number of hydrogen-bond donors (Lipinski definition) is 2. The second kappa shape index (κ2) is 6.93. The summed E-state index contributed by atoms with van der Waals surface area (Å²) in [6.07, 6.45) is 2.96. The molecule has 1 saturated heterocycles. The first-order chi connectivity index (χ1) is 12.5. The summed E-state index contributed by atoms with van der Waals surface area (Å²) >= 11 is 3.47. The summed E-state index contributed by atoms with van der Waals surface area (Å²) in [6.45, 7) is 6.18. The minimum Gasteiger partial charge on any atom is -0.341 e. The standard InChI is InChI=1S/C20H24BrN3O2/c1-4-16-22-23-20(26-16)18-11(2)17(12(3)24(18)15-8-9-15)19(25)13-6-5-7-14(21)10-13/h5-7,10,15-16,20,22-23H,4,8-9H2,1-3H3. The molecule has 1 aliphatic heterocycles. The van der Waals surface area contributed by atoms with Crippen LogP contribution in [0.1, 0.15) is 71.3 Å². The molecule has 0 bridgehead atoms. The van der Waals surface area contributed by atoms with Crippen molar-refractivity contribution in [3.05, 3.63) is 56.8 Å². The zero-order valence-electron chi connectivity index (χ0n) is 15.3. The maximum atomic E-state index is 13.3. The van der Waals surface area contributed by atoms with Crippen molar-refractivity contribution in [1.29, 1.82) is 0 Å². The minimum atomic E-state index is -0.233. The third kappa shape index (κ3) is 3.05. The summed E-state index contributed by atoms with van der Waals surface area (Å²) in [5.74, 6) is 0.0694. The van der Waals surface area contributed by atoms with Crippen molar-refractivity contribution >= 4 is 21.7 Å². The van der Waals surface area contributed by atoms with Gasteiger partial charge in [0.1, 0.15) is 6.23 Å². The first kappa shape index (κ1) is 17.9. The van der Waals surface area contributed by atoms with Gasteiger partial charge in [-0.05, 0) is 50.8 Å². The average Bonchev–Trinajstić information content (AvgIpc) is 3.28. The molecule has 2 heterocycles. The predicted octanol–water partition coefficient (Wildman–Crippen LogP) is 4.29. The van der Waals surface area contributed by atoms with Crippen molar-refractivity contribution in [2.75, 3.05) is 0 Å². The molecular formula is C20H24BrN3O2. The van der Waals surface area contributed by atoms with Crippen LogP contribution in [0.3, 0.4) is 0 Å². The number of nitrogens with zero attached hydrogens (tertiary/aromatic N) is 1. The van der Waals surface area contributed by atoms with Gasteiger partial charge in [0.25, 0.3) is 0 Å². The van der Waals surface area contributed by atoms with E-state index in [-0.39, 0.29) is 18.2 Å². The Bertz CT molecular complexity index is 857. The van der Waals surface area contributed by atoms with Gasteiger partial charge < -0.3 is 9.30 Å². The molecule has 2 aliphatic rings. The van der Waals surface area contributed by atoms with Crippen molar-refractivity contribution in [2.45, 2.75) is 58.5 Å². The number of ketones is 1. The van der Waals surface area contributed by atoms with Crippen molar-refractivity contribution in [3.8, 4) is 0 Å². The molecule has 138 valence electrons. The Kier molecular flexibility index (Phi) is 4.77. The van der Waals surface area contributed by atoms with Crippen LogP contribution in [0.5, 0.6) is 0 Å². The maximum Gasteiger partial charge on any atom is 0.195 e. The Morgan fingerprint density at radius 2 is 2.08 bits per heavy atom. The molecule has 26 heavy (non-hydrogen) atoms. The number of rotatable bonds is 5. The van der Waals surface area contributed by atoms with Crippen LogP contribution in [-0.4, -0.2) is 16.6 Å². The van der Waals surface area contributed by atoms with Gasteiger partial charge in [0.15, 0.2) is 12.0 Å². The van der Waals surface area contributed by atoms with Crippen molar-refractivity contribution < 1.29 is 9.53 Å². The molecule has 2 aromatic rings. The number of carbonyl (C=O) groups is 1. The Balaban J connectivity index is 1.79. The van der Waals surface area contributed by atoms with Gasteiger partial charge in [0.05, 0.1) is 5.69 Å². The lowest BCUT2D eigenvalue weighted by atomic mass is 9.99. The van der Waals surface area contributed by atoms with Crippen molar-refractivity contribution in [2.24, 2.45) is 0 Å². The molecule has 2 unspecified atom stereocenters. The molecule has 0 radical (unpaired) electrons. The van der Waals surface area contributed by atoms with Gasteiger partial charge in [0.2, 0.25) is 0 Å². The number of aromatic nitrogens is 1. The highest BCUT2D eigenvalue weighted by Crippen LogP contribution is 2.43. The largest absolute Gasteiger partial charge is 0.341 e. The summed E-state index contributed by atoms with van der Waals surface area (Å²) < 4.78 is 9.34. The number of ether oxygens (including phenoxy) is 1. The highest BCUT2D eigenvalue weighted by molar-refractivity contribution is 9.10. The highest BCUT2D eigenvalue weighted by atomic mass is 79.9. The zero-order valence-corrected chi connectivity index (χ0v) is 16.9. The second-order valence-electron chi connectivity index (χ2n) is 7.11. The van der Waals surface area contributed by atoms with Gasteiger partial charge in [-0.3, -0.25) is 4.79 Å². The lowest BCUT2D eigenvalue weighted by molar-refractivity contribution is 0.0284. The van der Waals surface area contributed by atoms with Crippen LogP contribution in [0, 0.1) is 13.8 Å². The molecule has 5 nitrogen and oxygen atoms in total. The monoisotopic (exact) mass is 417 g/mol. The van der Waals surface area contributed by atoms with Gasteiger partial charge in [-0.2, -0.15) is 0 Å². The number of hydrogen-bond acceptors (Lipinski definition) is 4. The van der Waals surface area contributed by atoms with E-state index in [1.807, 2.05) is 31.2 Å². The molecule has 1 aromatic heterocycles. The van der Waals surface area contributed by atoms with Crippen LogP contribution in [0.2, 0.25) is 0 Å². The lowest BCUT2D eigenvalue weighted by Gasteiger charge is -2.16. The van der Waals surface area contributed by atoms with Gasteiger partial charge in [-0.1, -0.05) is 35.0 Å². The molecular weight excluding hydrogens is 394 g/mol. The van der Waals surface area contributed by atoms with Crippen LogP contribution in [0.4, 0.5) is 0 Å². The van der Waals surface area contributed by atoms with Crippen LogP contribution < -0.4 is 10.9 Å². The molecule has 6 heteroatoms.